The Balaban J connectivity index is 2.42. The molecule has 0 atom stereocenters. The maximum Gasteiger partial charge on any atom is 0.433 e. The van der Waals surface area contributed by atoms with Crippen molar-refractivity contribution in [3.8, 4) is 11.6 Å². The number of halogens is 4. The molecule has 0 aliphatic heterocycles. The molecule has 0 radical (unpaired) electrons. The number of nitrogen functional groups attached to an aromatic ring is 1. The molecule has 1 aromatic heterocycles. The number of nitrogens with one attached hydrogen (secondary N) is 1. The van der Waals surface area contributed by atoms with Crippen molar-refractivity contribution < 1.29 is 22.3 Å². The Morgan fingerprint density at radius 1 is 1.19 bits per heavy atom. The van der Waals surface area contributed by atoms with Crippen molar-refractivity contribution in [1.82, 2.24) is 9.97 Å². The highest BCUT2D eigenvalue weighted by molar-refractivity contribution is 5.36. The summed E-state index contributed by atoms with van der Waals surface area (Å²) >= 11 is 0. The van der Waals surface area contributed by atoms with Gasteiger partial charge in [-0.25, -0.2) is 15.2 Å². The molecular weight excluding hydrogens is 292 g/mol. The summed E-state index contributed by atoms with van der Waals surface area (Å²) in [6.45, 7) is 1.68. The minimum atomic E-state index is -4.71. The van der Waals surface area contributed by atoms with Crippen molar-refractivity contribution in [2.45, 2.75) is 13.1 Å². The number of aromatic nitrogens is 2. The molecule has 0 fully saturated rings. The van der Waals surface area contributed by atoms with E-state index in [1.165, 1.54) is 12.1 Å². The topological polar surface area (TPSA) is 73.1 Å². The van der Waals surface area contributed by atoms with E-state index in [0.717, 1.165) is 6.07 Å². The summed E-state index contributed by atoms with van der Waals surface area (Å²) in [5, 5.41) is 0. The number of nitrogens with two attached hydrogens (primary N) is 1. The van der Waals surface area contributed by atoms with Crippen molar-refractivity contribution in [2.75, 3.05) is 5.43 Å². The Kier molecular flexibility index (Phi) is 3.94. The fraction of sp³-hybridized carbons (Fsp3) is 0.167. The van der Waals surface area contributed by atoms with Crippen molar-refractivity contribution in [3.63, 3.8) is 0 Å². The summed E-state index contributed by atoms with van der Waals surface area (Å²) in [7, 11) is 0. The first kappa shape index (κ1) is 15.0. The van der Waals surface area contributed by atoms with Crippen LogP contribution in [0.5, 0.6) is 11.6 Å². The molecule has 2 rings (SSSR count). The summed E-state index contributed by atoms with van der Waals surface area (Å²) in [4.78, 5) is 6.75. The number of aryl methyl sites for hydroxylation is 1. The molecule has 0 unspecified atom stereocenters. The van der Waals surface area contributed by atoms with Gasteiger partial charge in [-0.1, -0.05) is 6.07 Å². The van der Waals surface area contributed by atoms with Crippen molar-refractivity contribution in [2.24, 2.45) is 5.84 Å². The number of hydrazine groups is 1. The molecule has 3 N–H and O–H groups in total. The van der Waals surface area contributed by atoms with Crippen LogP contribution in [0, 0.1) is 12.7 Å². The molecule has 21 heavy (non-hydrogen) atoms. The van der Waals surface area contributed by atoms with Crippen LogP contribution in [-0.2, 0) is 6.18 Å². The van der Waals surface area contributed by atoms with E-state index in [9.17, 15) is 17.6 Å². The maximum atomic E-state index is 13.5. The van der Waals surface area contributed by atoms with Crippen LogP contribution in [0.1, 0.15) is 11.3 Å². The molecule has 112 valence electrons. The van der Waals surface area contributed by atoms with Crippen LogP contribution < -0.4 is 16.0 Å². The predicted octanol–water partition coefficient (Wildman–Crippen LogP) is 3.02. The van der Waals surface area contributed by atoms with E-state index >= 15 is 0 Å². The molecule has 0 aliphatic carbocycles. The third-order valence-corrected chi connectivity index (χ3v) is 2.42. The number of hydrogen-bond acceptors (Lipinski definition) is 5. The Morgan fingerprint density at radius 3 is 2.52 bits per heavy atom. The molecule has 0 saturated carbocycles. The summed E-state index contributed by atoms with van der Waals surface area (Å²) in [5.74, 6) is 3.06. The lowest BCUT2D eigenvalue weighted by molar-refractivity contribution is -0.141. The summed E-state index contributed by atoms with van der Waals surface area (Å²) in [6, 6.07) is 4.53. The van der Waals surface area contributed by atoms with Gasteiger partial charge in [-0.3, -0.25) is 5.43 Å². The zero-order valence-electron chi connectivity index (χ0n) is 10.7. The Bertz CT molecular complexity index is 660. The van der Waals surface area contributed by atoms with E-state index in [1.54, 1.807) is 6.92 Å². The van der Waals surface area contributed by atoms with E-state index in [0.29, 0.717) is 11.6 Å². The molecule has 0 spiro atoms. The Hall–Kier alpha value is -2.42. The minimum absolute atomic E-state index is 0.246. The highest BCUT2D eigenvalue weighted by Crippen LogP contribution is 2.32. The minimum Gasteiger partial charge on any atom is -0.436 e. The van der Waals surface area contributed by atoms with Gasteiger partial charge in [-0.05, 0) is 24.6 Å². The van der Waals surface area contributed by atoms with Crippen LogP contribution in [0.2, 0.25) is 0 Å². The van der Waals surface area contributed by atoms with Crippen molar-refractivity contribution >= 4 is 5.95 Å². The predicted molar refractivity (Wildman–Crippen MR) is 66.1 cm³/mol. The van der Waals surface area contributed by atoms with Gasteiger partial charge in [0.05, 0.1) is 0 Å². The monoisotopic (exact) mass is 302 g/mol. The highest BCUT2D eigenvalue weighted by Gasteiger charge is 2.34. The molecule has 0 bridgehead atoms. The number of ether oxygens (including phenoxy) is 1. The second-order valence-corrected chi connectivity index (χ2v) is 4.09. The van der Waals surface area contributed by atoms with Gasteiger partial charge in [-0.15, -0.1) is 0 Å². The fourth-order valence-electron chi connectivity index (χ4n) is 1.49. The second kappa shape index (κ2) is 5.52. The third-order valence-electron chi connectivity index (χ3n) is 2.42. The Labute approximate surface area is 116 Å². The standard InChI is InChI=1S/C12H10F4N4O/c1-6-2-3-7(13)8(4-6)21-10-5-9(12(14,15)16)18-11(19-10)20-17/h2-5H,17H2,1H3,(H,18,19,20). The van der Waals surface area contributed by atoms with Gasteiger partial charge in [0.25, 0.3) is 0 Å². The van der Waals surface area contributed by atoms with Gasteiger partial charge < -0.3 is 4.74 Å². The molecule has 5 nitrogen and oxygen atoms in total. The van der Waals surface area contributed by atoms with Crippen LogP contribution >= 0.6 is 0 Å². The average molecular weight is 302 g/mol. The van der Waals surface area contributed by atoms with Crippen LogP contribution in [0.3, 0.4) is 0 Å². The van der Waals surface area contributed by atoms with Crippen LogP contribution in [-0.4, -0.2) is 9.97 Å². The van der Waals surface area contributed by atoms with Gasteiger partial charge in [0.2, 0.25) is 11.8 Å². The van der Waals surface area contributed by atoms with E-state index in [-0.39, 0.29) is 5.75 Å². The van der Waals surface area contributed by atoms with E-state index < -0.39 is 29.5 Å². The van der Waals surface area contributed by atoms with Crippen molar-refractivity contribution in [3.05, 3.63) is 41.3 Å². The molecule has 0 saturated heterocycles. The van der Waals surface area contributed by atoms with Gasteiger partial charge in [0.1, 0.15) is 0 Å². The largest absolute Gasteiger partial charge is 0.436 e. The van der Waals surface area contributed by atoms with Crippen LogP contribution in [0.15, 0.2) is 24.3 Å². The maximum absolute atomic E-state index is 13.5. The van der Waals surface area contributed by atoms with Gasteiger partial charge in [-0.2, -0.15) is 18.2 Å². The lowest BCUT2D eigenvalue weighted by atomic mass is 10.2. The second-order valence-electron chi connectivity index (χ2n) is 4.09. The molecular formula is C12H10F4N4O. The van der Waals surface area contributed by atoms with E-state index in [2.05, 4.69) is 9.97 Å². The number of benzene rings is 1. The normalized spacial score (nSPS) is 11.3. The first-order valence-corrected chi connectivity index (χ1v) is 5.66. The SMILES string of the molecule is Cc1ccc(F)c(Oc2cc(C(F)(F)F)nc(NN)n2)c1. The number of anilines is 1. The quantitative estimate of drug-likeness (QED) is 0.518. The lowest BCUT2D eigenvalue weighted by Crippen LogP contribution is -2.15. The Morgan fingerprint density at radius 2 is 1.90 bits per heavy atom. The molecule has 0 aliphatic rings. The highest BCUT2D eigenvalue weighted by atomic mass is 19.4. The number of rotatable bonds is 3. The molecule has 2 aromatic rings. The molecule has 1 aromatic carbocycles. The molecule has 1 heterocycles. The van der Waals surface area contributed by atoms with Crippen LogP contribution in [0.25, 0.3) is 0 Å². The first-order valence-electron chi connectivity index (χ1n) is 5.66. The smallest absolute Gasteiger partial charge is 0.433 e. The molecule has 0 amide bonds. The van der Waals surface area contributed by atoms with Gasteiger partial charge in [0.15, 0.2) is 17.3 Å². The average Bonchev–Trinajstić information content (AvgIpc) is 2.41. The third kappa shape index (κ3) is 3.57. The first-order chi connectivity index (χ1) is 9.79. The summed E-state index contributed by atoms with van der Waals surface area (Å²) in [5.41, 5.74) is 1.31. The van der Waals surface area contributed by atoms with Crippen LogP contribution in [0.4, 0.5) is 23.5 Å². The summed E-state index contributed by atoms with van der Waals surface area (Å²) in [6.07, 6.45) is -4.71. The van der Waals surface area contributed by atoms with E-state index in [1.807, 2.05) is 5.43 Å². The van der Waals surface area contributed by atoms with E-state index in [4.69, 9.17) is 10.6 Å². The number of nitrogens with zero attached hydrogens (tertiary/aromatic N) is 2. The lowest BCUT2D eigenvalue weighted by Gasteiger charge is -2.11. The molecule has 9 heteroatoms. The zero-order valence-corrected chi connectivity index (χ0v) is 10.7. The van der Waals surface area contributed by atoms with Gasteiger partial charge >= 0.3 is 6.18 Å². The number of hydrogen-bond donors (Lipinski definition) is 2. The fourth-order valence-corrected chi connectivity index (χ4v) is 1.49. The van der Waals surface area contributed by atoms with Gasteiger partial charge in [0, 0.05) is 6.07 Å². The number of alkyl halides is 3. The summed E-state index contributed by atoms with van der Waals surface area (Å²) < 4.78 is 56.6. The zero-order chi connectivity index (χ0) is 15.6. The van der Waals surface area contributed by atoms with Crippen molar-refractivity contribution in [1.29, 1.82) is 0 Å².